The second-order valence-electron chi connectivity index (χ2n) is 7.51. The molecule has 0 atom stereocenters. The maximum atomic E-state index is 14.7. The number of anilines is 1. The number of nitrogens with one attached hydrogen (secondary N) is 1. The van der Waals surface area contributed by atoms with E-state index in [0.717, 1.165) is 52.7 Å². The molecule has 6 nitrogen and oxygen atoms in total. The van der Waals surface area contributed by atoms with Crippen LogP contribution in [0.2, 0.25) is 0 Å². The van der Waals surface area contributed by atoms with Crippen molar-refractivity contribution in [2.24, 2.45) is 0 Å². The number of morpholine rings is 1. The monoisotopic (exact) mass is 415 g/mol. The van der Waals surface area contributed by atoms with Crippen LogP contribution in [0.5, 0.6) is 0 Å². The summed E-state index contributed by atoms with van der Waals surface area (Å²) in [7, 11) is 0. The predicted molar refractivity (Wildman–Crippen MR) is 118 cm³/mol. The number of hydrogen-bond donors (Lipinski definition) is 1. The van der Waals surface area contributed by atoms with E-state index in [1.807, 2.05) is 49.5 Å². The summed E-state index contributed by atoms with van der Waals surface area (Å²) in [6.07, 6.45) is 3.54. The first-order valence-corrected chi connectivity index (χ1v) is 10.3. The third-order valence-electron chi connectivity index (χ3n) is 5.44. The standard InChI is InChI=1S/C24H22FN5O/c1-16-3-2-4-22(28-16)24-20(15-27-29-24)17-5-7-21(25)19(13-17)18-6-8-23(26-14-18)30-9-11-31-12-10-30/h2-8,13-15H,9-12H2,1H3,(H,27,29). The predicted octanol–water partition coefficient (Wildman–Crippen LogP) is 4.48. The Bertz CT molecular complexity index is 1200. The molecule has 1 saturated heterocycles. The molecule has 1 aromatic carbocycles. The summed E-state index contributed by atoms with van der Waals surface area (Å²) in [6.45, 7) is 4.96. The summed E-state index contributed by atoms with van der Waals surface area (Å²) >= 11 is 0. The molecule has 4 heterocycles. The number of ether oxygens (including phenoxy) is 1. The number of benzene rings is 1. The van der Waals surface area contributed by atoms with Crippen molar-refractivity contribution in [2.45, 2.75) is 6.92 Å². The number of pyridine rings is 2. The van der Waals surface area contributed by atoms with Crippen molar-refractivity contribution in [3.05, 3.63) is 72.4 Å². The second-order valence-corrected chi connectivity index (χ2v) is 7.51. The molecule has 7 heteroatoms. The van der Waals surface area contributed by atoms with E-state index in [1.165, 1.54) is 6.07 Å². The van der Waals surface area contributed by atoms with Crippen LogP contribution in [-0.2, 0) is 4.74 Å². The van der Waals surface area contributed by atoms with Crippen LogP contribution in [-0.4, -0.2) is 46.5 Å². The van der Waals surface area contributed by atoms with Gasteiger partial charge >= 0.3 is 0 Å². The Morgan fingerprint density at radius 1 is 1.00 bits per heavy atom. The number of hydrogen-bond acceptors (Lipinski definition) is 5. The van der Waals surface area contributed by atoms with Gasteiger partial charge < -0.3 is 9.64 Å². The molecule has 0 radical (unpaired) electrons. The van der Waals surface area contributed by atoms with Crippen molar-refractivity contribution in [1.29, 1.82) is 0 Å². The van der Waals surface area contributed by atoms with Gasteiger partial charge in [0.15, 0.2) is 0 Å². The molecule has 5 rings (SSSR count). The molecule has 0 saturated carbocycles. The maximum absolute atomic E-state index is 14.7. The quantitative estimate of drug-likeness (QED) is 0.532. The first kappa shape index (κ1) is 19.4. The molecule has 1 aliphatic heterocycles. The Labute approximate surface area is 179 Å². The van der Waals surface area contributed by atoms with Gasteiger partial charge in [0.2, 0.25) is 0 Å². The molecule has 1 fully saturated rings. The van der Waals surface area contributed by atoms with Crippen molar-refractivity contribution in [1.82, 2.24) is 20.2 Å². The van der Waals surface area contributed by atoms with E-state index >= 15 is 0 Å². The molecular formula is C24H22FN5O. The van der Waals surface area contributed by atoms with Crippen molar-refractivity contribution in [3.8, 4) is 33.6 Å². The molecule has 0 spiro atoms. The van der Waals surface area contributed by atoms with Gasteiger partial charge in [-0.1, -0.05) is 12.1 Å². The minimum atomic E-state index is -0.289. The maximum Gasteiger partial charge on any atom is 0.131 e. The van der Waals surface area contributed by atoms with Crippen molar-refractivity contribution >= 4 is 5.82 Å². The van der Waals surface area contributed by atoms with Gasteiger partial charge in [-0.3, -0.25) is 10.1 Å². The largest absolute Gasteiger partial charge is 0.378 e. The van der Waals surface area contributed by atoms with E-state index in [9.17, 15) is 4.39 Å². The summed E-state index contributed by atoms with van der Waals surface area (Å²) in [5, 5.41) is 7.30. The molecule has 156 valence electrons. The molecular weight excluding hydrogens is 393 g/mol. The fourth-order valence-corrected chi connectivity index (χ4v) is 3.82. The normalized spacial score (nSPS) is 14.1. The van der Waals surface area contributed by atoms with E-state index in [2.05, 4.69) is 25.1 Å². The van der Waals surface area contributed by atoms with Crippen molar-refractivity contribution in [2.75, 3.05) is 31.2 Å². The van der Waals surface area contributed by atoms with Crippen LogP contribution in [0.3, 0.4) is 0 Å². The molecule has 1 N–H and O–H groups in total. The van der Waals surface area contributed by atoms with Gasteiger partial charge in [-0.05, 0) is 48.9 Å². The molecule has 0 amide bonds. The third-order valence-corrected chi connectivity index (χ3v) is 5.44. The lowest BCUT2D eigenvalue weighted by atomic mass is 9.98. The van der Waals surface area contributed by atoms with Gasteiger partial charge in [0, 0.05) is 47.9 Å². The number of H-pyrrole nitrogens is 1. The molecule has 4 aromatic rings. The van der Waals surface area contributed by atoms with Crippen LogP contribution in [0.1, 0.15) is 5.69 Å². The smallest absolute Gasteiger partial charge is 0.131 e. The Balaban J connectivity index is 1.49. The van der Waals surface area contributed by atoms with E-state index in [-0.39, 0.29) is 5.82 Å². The SMILES string of the molecule is Cc1cccc(-c2n[nH]cc2-c2ccc(F)c(-c3ccc(N4CCOCC4)nc3)c2)n1. The minimum Gasteiger partial charge on any atom is -0.378 e. The molecule has 3 aromatic heterocycles. The summed E-state index contributed by atoms with van der Waals surface area (Å²) in [4.78, 5) is 11.3. The highest BCUT2D eigenvalue weighted by Gasteiger charge is 2.16. The van der Waals surface area contributed by atoms with Gasteiger partial charge in [0.1, 0.15) is 17.3 Å². The number of aryl methyl sites for hydroxylation is 1. The molecule has 0 aliphatic carbocycles. The first-order valence-electron chi connectivity index (χ1n) is 10.3. The third kappa shape index (κ3) is 3.92. The summed E-state index contributed by atoms with van der Waals surface area (Å²) < 4.78 is 20.1. The van der Waals surface area contributed by atoms with Gasteiger partial charge in [-0.15, -0.1) is 0 Å². The summed E-state index contributed by atoms with van der Waals surface area (Å²) in [5.41, 5.74) is 5.40. The zero-order valence-electron chi connectivity index (χ0n) is 17.2. The van der Waals surface area contributed by atoms with Crippen LogP contribution in [0.4, 0.5) is 10.2 Å². The highest BCUT2D eigenvalue weighted by Crippen LogP contribution is 2.33. The number of aromatic nitrogens is 4. The zero-order chi connectivity index (χ0) is 21.2. The van der Waals surface area contributed by atoms with Gasteiger partial charge in [-0.25, -0.2) is 9.37 Å². The van der Waals surface area contributed by atoms with Crippen molar-refractivity contribution < 1.29 is 9.13 Å². The van der Waals surface area contributed by atoms with E-state index < -0.39 is 0 Å². The van der Waals surface area contributed by atoms with E-state index in [0.29, 0.717) is 18.8 Å². The summed E-state index contributed by atoms with van der Waals surface area (Å²) in [6, 6.07) is 14.8. The lowest BCUT2D eigenvalue weighted by Crippen LogP contribution is -2.36. The fourth-order valence-electron chi connectivity index (χ4n) is 3.82. The average Bonchev–Trinajstić information content (AvgIpc) is 3.30. The van der Waals surface area contributed by atoms with Crippen LogP contribution in [0, 0.1) is 12.7 Å². The van der Waals surface area contributed by atoms with E-state index in [1.54, 1.807) is 12.3 Å². The topological polar surface area (TPSA) is 66.9 Å². The van der Waals surface area contributed by atoms with Crippen LogP contribution in [0.25, 0.3) is 33.6 Å². The molecule has 1 aliphatic rings. The molecule has 31 heavy (non-hydrogen) atoms. The highest BCUT2D eigenvalue weighted by molar-refractivity contribution is 5.81. The minimum absolute atomic E-state index is 0.289. The lowest BCUT2D eigenvalue weighted by Gasteiger charge is -2.27. The number of aromatic amines is 1. The van der Waals surface area contributed by atoms with Crippen molar-refractivity contribution in [3.63, 3.8) is 0 Å². The van der Waals surface area contributed by atoms with Gasteiger partial charge in [0.25, 0.3) is 0 Å². The zero-order valence-corrected chi connectivity index (χ0v) is 17.2. The Kier molecular flexibility index (Phi) is 5.18. The molecule has 0 unspecified atom stereocenters. The van der Waals surface area contributed by atoms with Gasteiger partial charge in [-0.2, -0.15) is 5.10 Å². The molecule has 0 bridgehead atoms. The first-order chi connectivity index (χ1) is 15.2. The van der Waals surface area contributed by atoms with E-state index in [4.69, 9.17) is 4.74 Å². The Morgan fingerprint density at radius 3 is 2.61 bits per heavy atom. The number of rotatable bonds is 4. The highest BCUT2D eigenvalue weighted by atomic mass is 19.1. The average molecular weight is 415 g/mol. The Hall–Kier alpha value is -3.58. The summed E-state index contributed by atoms with van der Waals surface area (Å²) in [5.74, 6) is 0.592. The van der Waals surface area contributed by atoms with Crippen LogP contribution < -0.4 is 4.90 Å². The fraction of sp³-hybridized carbons (Fsp3) is 0.208. The number of halogens is 1. The van der Waals surface area contributed by atoms with Crippen LogP contribution >= 0.6 is 0 Å². The van der Waals surface area contributed by atoms with Crippen LogP contribution in [0.15, 0.2) is 60.9 Å². The lowest BCUT2D eigenvalue weighted by molar-refractivity contribution is 0.122. The Morgan fingerprint density at radius 2 is 1.84 bits per heavy atom. The number of nitrogens with zero attached hydrogens (tertiary/aromatic N) is 4. The second kappa shape index (κ2) is 8.28. The van der Waals surface area contributed by atoms with Gasteiger partial charge in [0.05, 0.1) is 18.9 Å².